The van der Waals surface area contributed by atoms with Gasteiger partial charge in [0.1, 0.15) is 11.0 Å². The van der Waals surface area contributed by atoms with Gasteiger partial charge in [0.25, 0.3) is 0 Å². The summed E-state index contributed by atoms with van der Waals surface area (Å²) in [6.45, 7) is 0.277. The zero-order chi connectivity index (χ0) is 15.3. The van der Waals surface area contributed by atoms with Gasteiger partial charge < -0.3 is 0 Å². The minimum absolute atomic E-state index is 0.0731. The predicted octanol–water partition coefficient (Wildman–Crippen LogP) is 1.21. The van der Waals surface area contributed by atoms with Crippen molar-refractivity contribution in [2.24, 2.45) is 0 Å². The van der Waals surface area contributed by atoms with Gasteiger partial charge in [-0.05, 0) is 24.3 Å². The molecule has 2 rings (SSSR count). The van der Waals surface area contributed by atoms with E-state index in [1.807, 2.05) is 12.1 Å². The number of sulfonamides is 1. The summed E-state index contributed by atoms with van der Waals surface area (Å²) < 4.78 is 26.1. The minimum Gasteiger partial charge on any atom is -0.261 e. The highest BCUT2D eigenvalue weighted by Crippen LogP contribution is 2.17. The van der Waals surface area contributed by atoms with Crippen LogP contribution in [0.2, 0.25) is 0 Å². The van der Waals surface area contributed by atoms with Crippen LogP contribution in [0.5, 0.6) is 0 Å². The Kier molecular flexibility index (Phi) is 4.62. The van der Waals surface area contributed by atoms with E-state index >= 15 is 0 Å². The van der Waals surface area contributed by atoms with Gasteiger partial charge in [0.2, 0.25) is 10.0 Å². The third kappa shape index (κ3) is 3.42. The highest BCUT2D eigenvalue weighted by atomic mass is 32.2. The first kappa shape index (κ1) is 15.1. The van der Waals surface area contributed by atoms with Crippen LogP contribution in [0, 0.1) is 11.3 Å². The molecule has 0 unspecified atom stereocenters. The van der Waals surface area contributed by atoms with Crippen LogP contribution < -0.4 is 0 Å². The molecule has 108 valence electrons. The van der Waals surface area contributed by atoms with Gasteiger partial charge in [-0.15, -0.1) is 0 Å². The van der Waals surface area contributed by atoms with Crippen molar-refractivity contribution < 1.29 is 8.42 Å². The fourth-order valence-electron chi connectivity index (χ4n) is 1.79. The van der Waals surface area contributed by atoms with Crippen molar-refractivity contribution in [3.8, 4) is 6.07 Å². The van der Waals surface area contributed by atoms with Crippen molar-refractivity contribution in [3.63, 3.8) is 0 Å². The lowest BCUT2D eigenvalue weighted by Crippen LogP contribution is -2.30. The molecule has 0 saturated carbocycles. The van der Waals surface area contributed by atoms with E-state index in [0.29, 0.717) is 6.42 Å². The van der Waals surface area contributed by atoms with E-state index in [-0.39, 0.29) is 17.1 Å². The molecule has 0 atom stereocenters. The fraction of sp³-hybridized carbons (Fsp3) is 0.214. The summed E-state index contributed by atoms with van der Waals surface area (Å²) in [6, 6.07) is 10.2. The number of hydrogen-bond donors (Lipinski definition) is 0. The topological polar surface area (TPSA) is 87.0 Å². The zero-order valence-electron chi connectivity index (χ0n) is 11.5. The lowest BCUT2D eigenvalue weighted by Gasteiger charge is -2.17. The third-order valence-corrected chi connectivity index (χ3v) is 4.86. The number of pyridine rings is 2. The summed E-state index contributed by atoms with van der Waals surface area (Å²) in [5.41, 5.74) is 0.716. The molecular formula is C14H14N4O2S. The molecule has 0 fully saturated rings. The first-order chi connectivity index (χ1) is 10.1. The quantitative estimate of drug-likeness (QED) is 0.828. The van der Waals surface area contributed by atoms with Crippen LogP contribution in [0.15, 0.2) is 47.6 Å². The van der Waals surface area contributed by atoms with E-state index in [2.05, 4.69) is 9.97 Å². The molecule has 0 bridgehead atoms. The predicted molar refractivity (Wildman–Crippen MR) is 76.7 cm³/mol. The lowest BCUT2D eigenvalue weighted by atomic mass is 10.3. The molecule has 0 aliphatic rings. The number of likely N-dealkylation sites (N-methyl/N-ethyl adjacent to an activating group) is 1. The molecule has 7 heteroatoms. The average molecular weight is 302 g/mol. The van der Waals surface area contributed by atoms with Gasteiger partial charge in [0.15, 0.2) is 5.69 Å². The smallest absolute Gasteiger partial charge is 0.245 e. The number of rotatable bonds is 5. The van der Waals surface area contributed by atoms with Gasteiger partial charge in [-0.25, -0.2) is 17.7 Å². The van der Waals surface area contributed by atoms with Gasteiger partial charge >= 0.3 is 0 Å². The summed E-state index contributed by atoms with van der Waals surface area (Å²) >= 11 is 0. The maximum absolute atomic E-state index is 12.4. The second kappa shape index (κ2) is 6.43. The fourth-order valence-corrected chi connectivity index (χ4v) is 3.05. The van der Waals surface area contributed by atoms with Gasteiger partial charge in [-0.3, -0.25) is 4.98 Å². The molecule has 0 amide bonds. The van der Waals surface area contributed by atoms with Gasteiger partial charge in [0.05, 0.1) is 0 Å². The van der Waals surface area contributed by atoms with Gasteiger partial charge in [0, 0.05) is 38.1 Å². The van der Waals surface area contributed by atoms with Crippen LogP contribution >= 0.6 is 0 Å². The van der Waals surface area contributed by atoms with E-state index in [0.717, 1.165) is 5.69 Å². The van der Waals surface area contributed by atoms with E-state index in [1.54, 1.807) is 18.3 Å². The Morgan fingerprint density at radius 1 is 1.19 bits per heavy atom. The molecule has 2 aromatic heterocycles. The molecule has 0 aromatic carbocycles. The molecule has 0 spiro atoms. The standard InChI is InChI=1S/C14H14N4O2S/c1-18(10-7-12-5-2-3-8-16-12)21(19,20)14-6-4-9-17-13(14)11-15/h2-6,8-9H,7,10H2,1H3. The normalized spacial score (nSPS) is 11.3. The Hall–Kier alpha value is -2.30. The summed E-state index contributed by atoms with van der Waals surface area (Å²) in [7, 11) is -2.25. The number of hydrogen-bond acceptors (Lipinski definition) is 5. The van der Waals surface area contributed by atoms with Crippen LogP contribution in [-0.4, -0.2) is 36.3 Å². The minimum atomic E-state index is -3.73. The second-order valence-corrected chi connectivity index (χ2v) is 6.37. The third-order valence-electron chi connectivity index (χ3n) is 2.97. The van der Waals surface area contributed by atoms with Crippen molar-refractivity contribution in [1.29, 1.82) is 5.26 Å². The average Bonchev–Trinajstić information content (AvgIpc) is 2.53. The Morgan fingerprint density at radius 2 is 1.95 bits per heavy atom. The second-order valence-electron chi connectivity index (χ2n) is 4.36. The van der Waals surface area contributed by atoms with Crippen molar-refractivity contribution in [2.75, 3.05) is 13.6 Å². The monoisotopic (exact) mass is 302 g/mol. The molecule has 0 N–H and O–H groups in total. The van der Waals surface area contributed by atoms with Crippen LogP contribution in [0.1, 0.15) is 11.4 Å². The summed E-state index contributed by atoms with van der Waals surface area (Å²) in [4.78, 5) is 7.86. The van der Waals surface area contributed by atoms with Gasteiger partial charge in [-0.1, -0.05) is 6.07 Å². The van der Waals surface area contributed by atoms with Crippen molar-refractivity contribution in [2.45, 2.75) is 11.3 Å². The Labute approximate surface area is 123 Å². The van der Waals surface area contributed by atoms with Crippen molar-refractivity contribution in [1.82, 2.24) is 14.3 Å². The molecule has 0 aliphatic carbocycles. The van der Waals surface area contributed by atoms with Gasteiger partial charge in [-0.2, -0.15) is 5.26 Å². The number of nitrogens with zero attached hydrogens (tertiary/aromatic N) is 4. The van der Waals surface area contributed by atoms with E-state index in [9.17, 15) is 8.42 Å². The molecule has 0 aliphatic heterocycles. The molecule has 2 aromatic rings. The largest absolute Gasteiger partial charge is 0.261 e. The zero-order valence-corrected chi connectivity index (χ0v) is 12.3. The van der Waals surface area contributed by atoms with E-state index in [1.165, 1.54) is 29.7 Å². The molecular weight excluding hydrogens is 288 g/mol. The molecule has 6 nitrogen and oxygen atoms in total. The van der Waals surface area contributed by atoms with E-state index in [4.69, 9.17) is 5.26 Å². The lowest BCUT2D eigenvalue weighted by molar-refractivity contribution is 0.470. The number of nitriles is 1. The Morgan fingerprint density at radius 3 is 2.62 bits per heavy atom. The first-order valence-corrected chi connectivity index (χ1v) is 7.71. The first-order valence-electron chi connectivity index (χ1n) is 6.27. The van der Waals surface area contributed by atoms with Crippen molar-refractivity contribution in [3.05, 3.63) is 54.1 Å². The summed E-state index contributed by atoms with van der Waals surface area (Å²) in [5, 5.41) is 8.97. The highest BCUT2D eigenvalue weighted by Gasteiger charge is 2.24. The number of aromatic nitrogens is 2. The van der Waals surface area contributed by atoms with Crippen LogP contribution in [-0.2, 0) is 16.4 Å². The van der Waals surface area contributed by atoms with Crippen LogP contribution in [0.3, 0.4) is 0 Å². The maximum atomic E-state index is 12.4. The summed E-state index contributed by atoms with van der Waals surface area (Å²) in [6.07, 6.45) is 3.56. The SMILES string of the molecule is CN(CCc1ccccn1)S(=O)(=O)c1cccnc1C#N. The van der Waals surface area contributed by atoms with Crippen molar-refractivity contribution >= 4 is 10.0 Å². The Bertz CT molecular complexity index is 754. The van der Waals surface area contributed by atoms with E-state index < -0.39 is 10.0 Å². The molecule has 0 saturated heterocycles. The molecule has 0 radical (unpaired) electrons. The van der Waals surface area contributed by atoms with Crippen LogP contribution in [0.25, 0.3) is 0 Å². The molecule has 21 heavy (non-hydrogen) atoms. The Balaban J connectivity index is 2.18. The highest BCUT2D eigenvalue weighted by molar-refractivity contribution is 7.89. The molecule has 2 heterocycles. The van der Waals surface area contributed by atoms with Crippen LogP contribution in [0.4, 0.5) is 0 Å². The summed E-state index contributed by atoms with van der Waals surface area (Å²) in [5.74, 6) is 0. The maximum Gasteiger partial charge on any atom is 0.245 e.